The van der Waals surface area contributed by atoms with Gasteiger partial charge in [0.2, 0.25) is 0 Å². The molecule has 0 aliphatic rings. The van der Waals surface area contributed by atoms with E-state index >= 15 is 0 Å². The van der Waals surface area contributed by atoms with Crippen LogP contribution >= 0.6 is 0 Å². The van der Waals surface area contributed by atoms with E-state index in [0.29, 0.717) is 16.9 Å². The molecule has 2 unspecified atom stereocenters. The first kappa shape index (κ1) is 17.2. The molecule has 2 atom stereocenters. The second-order valence-corrected chi connectivity index (χ2v) is 7.22. The topological polar surface area (TPSA) is 12.0 Å². The van der Waals surface area contributed by atoms with Gasteiger partial charge in [0, 0.05) is 6.04 Å². The van der Waals surface area contributed by atoms with E-state index in [0.717, 1.165) is 18.5 Å². The molecule has 0 radical (unpaired) electrons. The van der Waals surface area contributed by atoms with Gasteiger partial charge < -0.3 is 5.32 Å². The van der Waals surface area contributed by atoms with Crippen LogP contribution < -0.4 is 5.32 Å². The minimum absolute atomic E-state index is 0.103. The maximum atomic E-state index is 13.8. The molecule has 0 saturated heterocycles. The number of halogens is 1. The molecule has 20 heavy (non-hydrogen) atoms. The van der Waals surface area contributed by atoms with Crippen molar-refractivity contribution in [3.05, 3.63) is 35.1 Å². The van der Waals surface area contributed by atoms with Crippen LogP contribution in [0, 0.1) is 24.1 Å². The Morgan fingerprint density at radius 3 is 2.40 bits per heavy atom. The summed E-state index contributed by atoms with van der Waals surface area (Å²) in [5.41, 5.74) is 2.12. The van der Waals surface area contributed by atoms with Crippen LogP contribution in [0.3, 0.4) is 0 Å². The molecule has 1 aromatic rings. The van der Waals surface area contributed by atoms with Gasteiger partial charge in [-0.15, -0.1) is 0 Å². The van der Waals surface area contributed by atoms with E-state index in [-0.39, 0.29) is 11.9 Å². The first-order valence-corrected chi connectivity index (χ1v) is 7.72. The molecule has 0 aliphatic carbocycles. The van der Waals surface area contributed by atoms with Crippen LogP contribution in [-0.4, -0.2) is 6.54 Å². The summed E-state index contributed by atoms with van der Waals surface area (Å²) in [5.74, 6) is 0.511. The molecule has 1 rings (SSSR count). The van der Waals surface area contributed by atoms with Gasteiger partial charge in [-0.05, 0) is 54.8 Å². The predicted molar refractivity (Wildman–Crippen MR) is 85.4 cm³/mol. The van der Waals surface area contributed by atoms with E-state index in [2.05, 4.69) is 46.0 Å². The molecule has 0 saturated carbocycles. The highest BCUT2D eigenvalue weighted by molar-refractivity contribution is 5.25. The lowest BCUT2D eigenvalue weighted by Gasteiger charge is -2.27. The molecule has 0 heterocycles. The van der Waals surface area contributed by atoms with E-state index in [1.807, 2.05) is 13.0 Å². The van der Waals surface area contributed by atoms with Gasteiger partial charge in [0.15, 0.2) is 0 Å². The Balaban J connectivity index is 2.80. The first-order valence-electron chi connectivity index (χ1n) is 7.72. The average Bonchev–Trinajstić information content (AvgIpc) is 2.30. The second kappa shape index (κ2) is 7.21. The molecule has 2 heteroatoms. The van der Waals surface area contributed by atoms with Crippen molar-refractivity contribution in [3.63, 3.8) is 0 Å². The maximum absolute atomic E-state index is 13.8. The fourth-order valence-corrected chi connectivity index (χ4v) is 2.94. The van der Waals surface area contributed by atoms with Crippen molar-refractivity contribution in [1.29, 1.82) is 0 Å². The maximum Gasteiger partial charge on any atom is 0.126 e. The van der Waals surface area contributed by atoms with Crippen molar-refractivity contribution in [2.24, 2.45) is 11.3 Å². The van der Waals surface area contributed by atoms with Gasteiger partial charge >= 0.3 is 0 Å². The van der Waals surface area contributed by atoms with Crippen LogP contribution in [0.25, 0.3) is 0 Å². The minimum Gasteiger partial charge on any atom is -0.310 e. The summed E-state index contributed by atoms with van der Waals surface area (Å²) in [6, 6.07) is 5.86. The largest absolute Gasteiger partial charge is 0.310 e. The van der Waals surface area contributed by atoms with Crippen LogP contribution in [0.2, 0.25) is 0 Å². The summed E-state index contributed by atoms with van der Waals surface area (Å²) >= 11 is 0. The highest BCUT2D eigenvalue weighted by Crippen LogP contribution is 2.31. The Morgan fingerprint density at radius 1 is 1.25 bits per heavy atom. The first-order chi connectivity index (χ1) is 9.23. The summed E-state index contributed by atoms with van der Waals surface area (Å²) in [7, 11) is 0. The number of rotatable bonds is 6. The van der Waals surface area contributed by atoms with E-state index in [4.69, 9.17) is 0 Å². The van der Waals surface area contributed by atoms with E-state index < -0.39 is 0 Å². The van der Waals surface area contributed by atoms with Crippen LogP contribution in [0.15, 0.2) is 18.2 Å². The summed E-state index contributed by atoms with van der Waals surface area (Å²) in [6.45, 7) is 13.9. The summed E-state index contributed by atoms with van der Waals surface area (Å²) in [5, 5.41) is 3.50. The van der Waals surface area contributed by atoms with E-state index in [1.54, 1.807) is 6.07 Å². The van der Waals surface area contributed by atoms with Crippen LogP contribution in [-0.2, 0) is 0 Å². The Bertz CT molecular complexity index is 420. The zero-order valence-corrected chi connectivity index (χ0v) is 13.9. The molecular formula is C18H30FN. The van der Waals surface area contributed by atoms with Crippen LogP contribution in [0.1, 0.15) is 64.6 Å². The smallest absolute Gasteiger partial charge is 0.126 e. The van der Waals surface area contributed by atoms with Gasteiger partial charge in [-0.25, -0.2) is 4.39 Å². The lowest BCUT2D eigenvalue weighted by molar-refractivity contribution is 0.276. The van der Waals surface area contributed by atoms with Crippen molar-refractivity contribution in [3.8, 4) is 0 Å². The summed E-state index contributed by atoms with van der Waals surface area (Å²) in [4.78, 5) is 0. The number of hydrogen-bond donors (Lipinski definition) is 1. The fraction of sp³-hybridized carbons (Fsp3) is 0.667. The molecule has 1 N–H and O–H groups in total. The minimum atomic E-state index is -0.103. The molecule has 0 amide bonds. The zero-order valence-electron chi connectivity index (χ0n) is 13.9. The van der Waals surface area contributed by atoms with Crippen molar-refractivity contribution < 1.29 is 4.39 Å². The SMILES string of the molecule is CCNC(CC(C)CC(C)(C)C)c1ccc(C)c(F)c1. The molecule has 0 bridgehead atoms. The van der Waals surface area contributed by atoms with Gasteiger partial charge in [-0.3, -0.25) is 0 Å². The monoisotopic (exact) mass is 279 g/mol. The van der Waals surface area contributed by atoms with Crippen LogP contribution in [0.5, 0.6) is 0 Å². The van der Waals surface area contributed by atoms with E-state index in [9.17, 15) is 4.39 Å². The molecule has 0 fully saturated rings. The Kier molecular flexibility index (Phi) is 6.19. The molecule has 0 aromatic heterocycles. The lowest BCUT2D eigenvalue weighted by atomic mass is 9.82. The van der Waals surface area contributed by atoms with Crippen molar-refractivity contribution >= 4 is 0 Å². The molecular weight excluding hydrogens is 249 g/mol. The normalized spacial score (nSPS) is 15.2. The van der Waals surface area contributed by atoms with Gasteiger partial charge in [0.25, 0.3) is 0 Å². The molecule has 0 aliphatic heterocycles. The van der Waals surface area contributed by atoms with Gasteiger partial charge in [0.05, 0.1) is 0 Å². The Labute approximate surface area is 124 Å². The Morgan fingerprint density at radius 2 is 1.90 bits per heavy atom. The summed E-state index contributed by atoms with van der Waals surface area (Å²) < 4.78 is 13.8. The number of hydrogen-bond acceptors (Lipinski definition) is 1. The van der Waals surface area contributed by atoms with Gasteiger partial charge in [-0.1, -0.05) is 46.8 Å². The third kappa shape index (κ3) is 5.62. The number of nitrogens with one attached hydrogen (secondary N) is 1. The van der Waals surface area contributed by atoms with Crippen molar-refractivity contribution in [2.75, 3.05) is 6.54 Å². The molecule has 0 spiro atoms. The third-order valence-corrected chi connectivity index (χ3v) is 3.65. The van der Waals surface area contributed by atoms with Crippen LogP contribution in [0.4, 0.5) is 4.39 Å². The zero-order chi connectivity index (χ0) is 15.3. The third-order valence-electron chi connectivity index (χ3n) is 3.65. The van der Waals surface area contributed by atoms with E-state index in [1.165, 1.54) is 6.42 Å². The molecule has 1 nitrogen and oxygen atoms in total. The second-order valence-electron chi connectivity index (χ2n) is 7.22. The molecule has 114 valence electrons. The van der Waals surface area contributed by atoms with Crippen molar-refractivity contribution in [1.82, 2.24) is 5.32 Å². The van der Waals surface area contributed by atoms with Crippen molar-refractivity contribution in [2.45, 2.75) is 60.4 Å². The highest BCUT2D eigenvalue weighted by Gasteiger charge is 2.20. The quantitative estimate of drug-likeness (QED) is 0.750. The van der Waals surface area contributed by atoms with Gasteiger partial charge in [0.1, 0.15) is 5.82 Å². The average molecular weight is 279 g/mol. The summed E-state index contributed by atoms with van der Waals surface area (Å²) in [6.07, 6.45) is 2.23. The number of aryl methyl sites for hydroxylation is 1. The fourth-order valence-electron chi connectivity index (χ4n) is 2.94. The molecule has 1 aromatic carbocycles. The lowest BCUT2D eigenvalue weighted by Crippen LogP contribution is -2.24. The highest BCUT2D eigenvalue weighted by atomic mass is 19.1. The van der Waals surface area contributed by atoms with Gasteiger partial charge in [-0.2, -0.15) is 0 Å². The Hall–Kier alpha value is -0.890. The standard InChI is InChI=1S/C18H30FN/c1-7-20-17(10-13(2)12-18(4,5)6)15-9-8-14(3)16(19)11-15/h8-9,11,13,17,20H,7,10,12H2,1-6H3. The predicted octanol–water partition coefficient (Wildman–Crippen LogP) is 5.25. The number of benzene rings is 1.